The van der Waals surface area contributed by atoms with Gasteiger partial charge in [-0.1, -0.05) is 12.1 Å². The smallest absolute Gasteiger partial charge is 0.336 e. The average molecular weight is 400 g/mol. The molecule has 0 amide bonds. The SMILES string of the molecule is O=C(O)c1ccc(-c2ccc(C(=O)O)c(Br)c2)cc1Br. The zero-order valence-electron chi connectivity index (χ0n) is 9.93. The third kappa shape index (κ3) is 2.91. The molecule has 0 saturated heterocycles. The summed E-state index contributed by atoms with van der Waals surface area (Å²) >= 11 is 6.43. The van der Waals surface area contributed by atoms with Gasteiger partial charge in [-0.15, -0.1) is 0 Å². The largest absolute Gasteiger partial charge is 0.478 e. The van der Waals surface area contributed by atoms with Gasteiger partial charge in [0.25, 0.3) is 0 Å². The summed E-state index contributed by atoms with van der Waals surface area (Å²) in [6.45, 7) is 0. The summed E-state index contributed by atoms with van der Waals surface area (Å²) in [5.41, 5.74) is 1.93. The van der Waals surface area contributed by atoms with Crippen LogP contribution in [0.15, 0.2) is 45.3 Å². The second kappa shape index (κ2) is 5.76. The second-order valence-corrected chi connectivity index (χ2v) is 5.71. The summed E-state index contributed by atoms with van der Waals surface area (Å²) in [6.07, 6.45) is 0. The van der Waals surface area contributed by atoms with E-state index in [2.05, 4.69) is 31.9 Å². The van der Waals surface area contributed by atoms with Crippen molar-refractivity contribution < 1.29 is 19.8 Å². The number of aromatic carboxylic acids is 2. The molecular formula is C14H8Br2O4. The Balaban J connectivity index is 2.47. The van der Waals surface area contributed by atoms with Crippen LogP contribution in [0.25, 0.3) is 11.1 Å². The van der Waals surface area contributed by atoms with Crippen molar-refractivity contribution in [2.75, 3.05) is 0 Å². The maximum Gasteiger partial charge on any atom is 0.336 e. The van der Waals surface area contributed by atoms with E-state index in [1.165, 1.54) is 12.1 Å². The van der Waals surface area contributed by atoms with Gasteiger partial charge in [0.05, 0.1) is 11.1 Å². The quantitative estimate of drug-likeness (QED) is 0.807. The minimum atomic E-state index is -1.01. The molecule has 0 fully saturated rings. The molecule has 0 unspecified atom stereocenters. The Labute approximate surface area is 131 Å². The van der Waals surface area contributed by atoms with Crippen molar-refractivity contribution in [1.82, 2.24) is 0 Å². The minimum absolute atomic E-state index is 0.176. The highest BCUT2D eigenvalue weighted by Gasteiger charge is 2.12. The van der Waals surface area contributed by atoms with E-state index in [4.69, 9.17) is 10.2 Å². The number of hydrogen-bond donors (Lipinski definition) is 2. The molecule has 0 atom stereocenters. The number of benzene rings is 2. The van der Waals surface area contributed by atoms with Crippen LogP contribution in [0.3, 0.4) is 0 Å². The molecule has 6 heteroatoms. The minimum Gasteiger partial charge on any atom is -0.478 e. The van der Waals surface area contributed by atoms with Gasteiger partial charge in [0, 0.05) is 8.95 Å². The van der Waals surface area contributed by atoms with E-state index in [-0.39, 0.29) is 11.1 Å². The summed E-state index contributed by atoms with van der Waals surface area (Å²) in [6, 6.07) is 9.73. The average Bonchev–Trinajstić information content (AvgIpc) is 2.37. The molecule has 0 aromatic heterocycles. The Morgan fingerprint density at radius 3 is 1.35 bits per heavy atom. The van der Waals surface area contributed by atoms with Gasteiger partial charge in [-0.2, -0.15) is 0 Å². The van der Waals surface area contributed by atoms with Crippen LogP contribution in [-0.4, -0.2) is 22.2 Å². The van der Waals surface area contributed by atoms with E-state index >= 15 is 0 Å². The van der Waals surface area contributed by atoms with Gasteiger partial charge in [0.15, 0.2) is 0 Å². The van der Waals surface area contributed by atoms with E-state index in [0.717, 1.165) is 11.1 Å². The van der Waals surface area contributed by atoms with E-state index in [1.54, 1.807) is 24.3 Å². The summed E-state index contributed by atoms with van der Waals surface area (Å²) in [5.74, 6) is -2.02. The third-order valence-electron chi connectivity index (χ3n) is 2.73. The van der Waals surface area contributed by atoms with Gasteiger partial charge < -0.3 is 10.2 Å². The molecule has 0 aliphatic heterocycles. The van der Waals surface area contributed by atoms with E-state index < -0.39 is 11.9 Å². The Hall–Kier alpha value is -1.66. The molecule has 0 saturated carbocycles. The lowest BCUT2D eigenvalue weighted by molar-refractivity contribution is 0.0685. The summed E-state index contributed by atoms with van der Waals surface area (Å²) in [5, 5.41) is 17.9. The van der Waals surface area contributed by atoms with Crippen LogP contribution < -0.4 is 0 Å². The Kier molecular flexibility index (Phi) is 4.25. The number of carbonyl (C=O) groups is 2. The zero-order valence-corrected chi connectivity index (χ0v) is 13.1. The van der Waals surface area contributed by atoms with Gasteiger partial charge in [-0.3, -0.25) is 0 Å². The molecule has 0 heterocycles. The van der Waals surface area contributed by atoms with Crippen LogP contribution in [-0.2, 0) is 0 Å². The lowest BCUT2D eigenvalue weighted by atomic mass is 10.0. The maximum atomic E-state index is 10.9. The summed E-state index contributed by atoms with van der Waals surface area (Å²) in [4.78, 5) is 21.9. The van der Waals surface area contributed by atoms with Crippen molar-refractivity contribution in [2.24, 2.45) is 0 Å². The Morgan fingerprint density at radius 1 is 0.750 bits per heavy atom. The molecule has 0 aliphatic carbocycles. The Morgan fingerprint density at radius 2 is 1.10 bits per heavy atom. The van der Waals surface area contributed by atoms with E-state index in [9.17, 15) is 9.59 Å². The lowest BCUT2D eigenvalue weighted by Crippen LogP contribution is -1.98. The number of rotatable bonds is 3. The standard InChI is InChI=1S/C14H8Br2O4/c15-11-5-7(1-3-9(11)13(17)18)8-2-4-10(14(19)20)12(16)6-8/h1-6H,(H,17,18)(H,19,20). The monoisotopic (exact) mass is 398 g/mol. The molecule has 0 spiro atoms. The molecule has 2 aromatic carbocycles. The first kappa shape index (κ1) is 14.7. The predicted molar refractivity (Wildman–Crippen MR) is 81.2 cm³/mol. The van der Waals surface area contributed by atoms with Crippen LogP contribution in [0.4, 0.5) is 0 Å². The van der Waals surface area contributed by atoms with Crippen molar-refractivity contribution in [3.8, 4) is 11.1 Å². The van der Waals surface area contributed by atoms with Crippen molar-refractivity contribution in [3.05, 3.63) is 56.5 Å². The van der Waals surface area contributed by atoms with E-state index in [1.807, 2.05) is 0 Å². The molecule has 2 N–H and O–H groups in total. The Bertz CT molecular complexity index is 649. The molecule has 0 radical (unpaired) electrons. The number of hydrogen-bond acceptors (Lipinski definition) is 2. The van der Waals surface area contributed by atoms with Crippen LogP contribution in [0, 0.1) is 0 Å². The van der Waals surface area contributed by atoms with Gasteiger partial charge >= 0.3 is 11.9 Å². The molecule has 0 bridgehead atoms. The fourth-order valence-electron chi connectivity index (χ4n) is 1.74. The normalized spacial score (nSPS) is 10.3. The summed E-state index contributed by atoms with van der Waals surface area (Å²) < 4.78 is 0.946. The van der Waals surface area contributed by atoms with Crippen molar-refractivity contribution in [1.29, 1.82) is 0 Å². The predicted octanol–water partition coefficient (Wildman–Crippen LogP) is 4.28. The first-order valence-corrected chi connectivity index (χ1v) is 7.05. The molecular weight excluding hydrogens is 392 g/mol. The van der Waals surface area contributed by atoms with Crippen molar-refractivity contribution >= 4 is 43.8 Å². The van der Waals surface area contributed by atoms with Gasteiger partial charge in [0.1, 0.15) is 0 Å². The van der Waals surface area contributed by atoms with Crippen LogP contribution >= 0.6 is 31.9 Å². The highest BCUT2D eigenvalue weighted by Crippen LogP contribution is 2.29. The number of carboxylic acid groups (broad SMARTS) is 2. The van der Waals surface area contributed by atoms with Crippen LogP contribution in [0.1, 0.15) is 20.7 Å². The second-order valence-electron chi connectivity index (χ2n) is 4.00. The molecule has 2 aromatic rings. The highest BCUT2D eigenvalue weighted by molar-refractivity contribution is 9.10. The third-order valence-corrected chi connectivity index (χ3v) is 4.04. The maximum absolute atomic E-state index is 10.9. The number of halogens is 2. The lowest BCUT2D eigenvalue weighted by Gasteiger charge is -2.07. The van der Waals surface area contributed by atoms with Gasteiger partial charge in [-0.05, 0) is 67.3 Å². The molecule has 2 rings (SSSR count). The fourth-order valence-corrected chi connectivity index (χ4v) is 2.83. The first-order chi connectivity index (χ1) is 9.40. The fraction of sp³-hybridized carbons (Fsp3) is 0. The van der Waals surface area contributed by atoms with Gasteiger partial charge in [-0.25, -0.2) is 9.59 Å². The van der Waals surface area contributed by atoms with E-state index in [0.29, 0.717) is 8.95 Å². The summed E-state index contributed by atoms with van der Waals surface area (Å²) in [7, 11) is 0. The zero-order chi connectivity index (χ0) is 14.9. The molecule has 4 nitrogen and oxygen atoms in total. The van der Waals surface area contributed by atoms with Crippen molar-refractivity contribution in [2.45, 2.75) is 0 Å². The number of carboxylic acids is 2. The molecule has 20 heavy (non-hydrogen) atoms. The topological polar surface area (TPSA) is 74.6 Å². The highest BCUT2D eigenvalue weighted by atomic mass is 79.9. The van der Waals surface area contributed by atoms with Crippen molar-refractivity contribution in [3.63, 3.8) is 0 Å². The molecule has 0 aliphatic rings. The van der Waals surface area contributed by atoms with Crippen LogP contribution in [0.2, 0.25) is 0 Å². The van der Waals surface area contributed by atoms with Gasteiger partial charge in [0.2, 0.25) is 0 Å². The molecule has 102 valence electrons. The van der Waals surface area contributed by atoms with Crippen LogP contribution in [0.5, 0.6) is 0 Å². The first-order valence-electron chi connectivity index (χ1n) is 5.46.